The lowest BCUT2D eigenvalue weighted by Gasteiger charge is -2.24. The van der Waals surface area contributed by atoms with Gasteiger partial charge in [0.1, 0.15) is 5.69 Å². The molecule has 5 rings (SSSR count). The van der Waals surface area contributed by atoms with Gasteiger partial charge in [0, 0.05) is 46.9 Å². The average molecular weight is 433 g/mol. The van der Waals surface area contributed by atoms with Crippen molar-refractivity contribution in [2.24, 2.45) is 5.73 Å². The summed E-state index contributed by atoms with van der Waals surface area (Å²) in [6.07, 6.45) is 3.21. The van der Waals surface area contributed by atoms with E-state index in [2.05, 4.69) is 76.8 Å². The Morgan fingerprint density at radius 2 is 1.90 bits per heavy atom. The molecular weight excluding hydrogens is 404 g/mol. The molecule has 31 heavy (non-hydrogen) atoms. The predicted molar refractivity (Wildman–Crippen MR) is 127 cm³/mol. The first-order valence-corrected chi connectivity index (χ1v) is 11.8. The summed E-state index contributed by atoms with van der Waals surface area (Å²) in [6.45, 7) is 8.63. The van der Waals surface area contributed by atoms with Gasteiger partial charge in [0.05, 0.1) is 5.52 Å². The molecule has 1 saturated heterocycles. The number of hydrogen-bond acceptors (Lipinski definition) is 6. The number of nitrogens with zero attached hydrogens (tertiary/aromatic N) is 5. The van der Waals surface area contributed by atoms with Crippen molar-refractivity contribution in [3.63, 3.8) is 0 Å². The number of benzene rings is 1. The third-order valence-corrected chi connectivity index (χ3v) is 6.97. The second-order valence-electron chi connectivity index (χ2n) is 8.65. The Morgan fingerprint density at radius 1 is 1.06 bits per heavy atom. The van der Waals surface area contributed by atoms with Gasteiger partial charge < -0.3 is 5.73 Å². The van der Waals surface area contributed by atoms with E-state index < -0.39 is 0 Å². The molecule has 6 nitrogen and oxygen atoms in total. The Labute approximate surface area is 186 Å². The smallest absolute Gasteiger partial charge is 0.187 e. The fourth-order valence-corrected chi connectivity index (χ4v) is 5.14. The van der Waals surface area contributed by atoms with E-state index in [1.165, 1.54) is 10.5 Å². The highest BCUT2D eigenvalue weighted by Crippen LogP contribution is 2.29. The molecule has 160 valence electrons. The summed E-state index contributed by atoms with van der Waals surface area (Å²) >= 11 is 1.85. The monoisotopic (exact) mass is 432 g/mol. The quantitative estimate of drug-likeness (QED) is 0.467. The van der Waals surface area contributed by atoms with Crippen LogP contribution in [0.3, 0.4) is 0 Å². The lowest BCUT2D eigenvalue weighted by molar-refractivity contribution is 0.259. The maximum atomic E-state index is 6.12. The molecule has 2 N–H and O–H groups in total. The summed E-state index contributed by atoms with van der Waals surface area (Å²) < 4.78 is 2.06. The van der Waals surface area contributed by atoms with Gasteiger partial charge in [-0.05, 0) is 43.2 Å². The fraction of sp³-hybridized carbons (Fsp3) is 0.375. The van der Waals surface area contributed by atoms with Crippen LogP contribution in [0.5, 0.6) is 0 Å². The van der Waals surface area contributed by atoms with Gasteiger partial charge in [0.25, 0.3) is 0 Å². The molecule has 1 aromatic carbocycles. The van der Waals surface area contributed by atoms with Crippen LogP contribution < -0.4 is 5.73 Å². The molecule has 4 heterocycles. The number of pyridine rings is 2. The van der Waals surface area contributed by atoms with Gasteiger partial charge in [-0.25, -0.2) is 4.98 Å². The van der Waals surface area contributed by atoms with Crippen molar-refractivity contribution >= 4 is 28.3 Å². The third-order valence-electron chi connectivity index (χ3n) is 5.98. The molecule has 1 fully saturated rings. The summed E-state index contributed by atoms with van der Waals surface area (Å²) in [5.41, 5.74) is 10.00. The fourth-order valence-electron chi connectivity index (χ4n) is 4.27. The van der Waals surface area contributed by atoms with E-state index in [0.29, 0.717) is 11.3 Å². The highest BCUT2D eigenvalue weighted by atomic mass is 32.2. The van der Waals surface area contributed by atoms with Crippen LogP contribution in [0.25, 0.3) is 28.1 Å². The van der Waals surface area contributed by atoms with Crippen LogP contribution in [0.4, 0.5) is 0 Å². The first kappa shape index (κ1) is 20.4. The molecule has 0 radical (unpaired) electrons. The van der Waals surface area contributed by atoms with Crippen molar-refractivity contribution in [1.82, 2.24) is 24.5 Å². The van der Waals surface area contributed by atoms with Crippen LogP contribution in [0, 0.1) is 0 Å². The van der Waals surface area contributed by atoms with Crippen LogP contribution in [-0.4, -0.2) is 48.9 Å². The van der Waals surface area contributed by atoms with Gasteiger partial charge >= 0.3 is 0 Å². The molecule has 0 aliphatic carbocycles. The molecule has 0 spiro atoms. The zero-order chi connectivity index (χ0) is 21.5. The predicted octanol–water partition coefficient (Wildman–Crippen LogP) is 4.54. The van der Waals surface area contributed by atoms with Crippen molar-refractivity contribution in [3.05, 3.63) is 54.2 Å². The Kier molecular flexibility index (Phi) is 5.42. The number of rotatable bonds is 5. The van der Waals surface area contributed by atoms with E-state index in [0.717, 1.165) is 47.6 Å². The normalized spacial score (nSPS) is 18.4. The molecule has 0 saturated carbocycles. The highest BCUT2D eigenvalue weighted by molar-refractivity contribution is 7.99. The van der Waals surface area contributed by atoms with Gasteiger partial charge in [0.2, 0.25) is 0 Å². The van der Waals surface area contributed by atoms with Gasteiger partial charge in [0.15, 0.2) is 11.5 Å². The first-order chi connectivity index (χ1) is 15.0. The van der Waals surface area contributed by atoms with Gasteiger partial charge in [-0.3, -0.25) is 9.30 Å². The zero-order valence-corrected chi connectivity index (χ0v) is 19.0. The average Bonchev–Trinajstić information content (AvgIpc) is 3.38. The molecule has 1 aliphatic rings. The molecular formula is C24H28N6S. The standard InChI is InChI=1S/C24H28N6S/c1-15(2)31-20-7-4-17-5-8-21(26-22(17)12-20)24-28-27-23-9-6-18(13-30(23)24)16(3)29-11-10-19(25)14-29/h4-9,12-13,15-16,19H,10-11,14,25H2,1-3H3/t16-,19-/m0/s1. The van der Waals surface area contributed by atoms with Crippen LogP contribution in [0.2, 0.25) is 0 Å². The molecule has 2 atom stereocenters. The molecule has 3 aromatic heterocycles. The Morgan fingerprint density at radius 3 is 2.68 bits per heavy atom. The van der Waals surface area contributed by atoms with Crippen molar-refractivity contribution in [1.29, 1.82) is 0 Å². The van der Waals surface area contributed by atoms with E-state index in [1.807, 2.05) is 23.9 Å². The van der Waals surface area contributed by atoms with Crippen molar-refractivity contribution in [2.75, 3.05) is 13.1 Å². The summed E-state index contributed by atoms with van der Waals surface area (Å²) in [6, 6.07) is 15.4. The first-order valence-electron chi connectivity index (χ1n) is 10.9. The molecule has 4 aromatic rings. The van der Waals surface area contributed by atoms with E-state index in [4.69, 9.17) is 10.7 Å². The minimum atomic E-state index is 0.275. The number of likely N-dealkylation sites (tertiary alicyclic amines) is 1. The number of nitrogens with two attached hydrogens (primary N) is 1. The third kappa shape index (κ3) is 4.05. The number of fused-ring (bicyclic) bond motifs is 2. The zero-order valence-electron chi connectivity index (χ0n) is 18.2. The number of thioether (sulfide) groups is 1. The van der Waals surface area contributed by atoms with Gasteiger partial charge in [-0.2, -0.15) is 0 Å². The maximum absolute atomic E-state index is 6.12. The molecule has 1 aliphatic heterocycles. The summed E-state index contributed by atoms with van der Waals surface area (Å²) in [4.78, 5) is 8.61. The minimum Gasteiger partial charge on any atom is -0.326 e. The molecule has 0 bridgehead atoms. The SMILES string of the molecule is CC(C)Sc1ccc2ccc(-c3nnc4ccc([C@H](C)N5CC[C@H](N)C5)cn34)nc2c1. The Balaban J connectivity index is 1.52. The molecule has 0 amide bonds. The topological polar surface area (TPSA) is 72.3 Å². The lowest BCUT2D eigenvalue weighted by atomic mass is 10.1. The van der Waals surface area contributed by atoms with E-state index in [1.54, 1.807) is 0 Å². The maximum Gasteiger partial charge on any atom is 0.187 e. The van der Waals surface area contributed by atoms with Crippen LogP contribution in [0.1, 0.15) is 38.8 Å². The van der Waals surface area contributed by atoms with Crippen LogP contribution in [-0.2, 0) is 0 Å². The van der Waals surface area contributed by atoms with Crippen molar-refractivity contribution in [3.8, 4) is 11.5 Å². The van der Waals surface area contributed by atoms with E-state index in [-0.39, 0.29) is 6.04 Å². The Bertz CT molecular complexity index is 1230. The number of aromatic nitrogens is 4. The van der Waals surface area contributed by atoms with Gasteiger partial charge in [-0.1, -0.05) is 32.0 Å². The summed E-state index contributed by atoms with van der Waals surface area (Å²) in [7, 11) is 0. The molecule has 7 heteroatoms. The minimum absolute atomic E-state index is 0.275. The van der Waals surface area contributed by atoms with Gasteiger partial charge in [-0.15, -0.1) is 22.0 Å². The van der Waals surface area contributed by atoms with Crippen LogP contribution >= 0.6 is 11.8 Å². The van der Waals surface area contributed by atoms with Crippen molar-refractivity contribution in [2.45, 2.75) is 49.4 Å². The Hall–Kier alpha value is -2.48. The highest BCUT2D eigenvalue weighted by Gasteiger charge is 2.25. The summed E-state index contributed by atoms with van der Waals surface area (Å²) in [5, 5.41) is 10.5. The summed E-state index contributed by atoms with van der Waals surface area (Å²) in [5.74, 6) is 0.769. The van der Waals surface area contributed by atoms with E-state index >= 15 is 0 Å². The second-order valence-corrected chi connectivity index (χ2v) is 10.3. The van der Waals surface area contributed by atoms with Crippen molar-refractivity contribution < 1.29 is 0 Å². The van der Waals surface area contributed by atoms with E-state index in [9.17, 15) is 0 Å². The lowest BCUT2D eigenvalue weighted by Crippen LogP contribution is -2.28. The largest absolute Gasteiger partial charge is 0.326 e. The van der Waals surface area contributed by atoms with Crippen LogP contribution in [0.15, 0.2) is 53.6 Å². The number of hydrogen-bond donors (Lipinski definition) is 1. The molecule has 0 unspecified atom stereocenters. The second kappa shape index (κ2) is 8.22.